The molecule has 3 rings (SSSR count). The zero-order chi connectivity index (χ0) is 18.7. The van der Waals surface area contributed by atoms with Crippen LogP contribution in [0.4, 0.5) is 5.82 Å². The van der Waals surface area contributed by atoms with Crippen molar-refractivity contribution in [3.05, 3.63) is 17.8 Å². The van der Waals surface area contributed by atoms with Gasteiger partial charge in [-0.1, -0.05) is 13.8 Å². The lowest BCUT2D eigenvalue weighted by atomic mass is 9.89. The minimum atomic E-state index is -0.344. The van der Waals surface area contributed by atoms with Crippen LogP contribution in [-0.2, 0) is 4.79 Å². The molecular formula is C19H30ClN5OS. The maximum absolute atomic E-state index is 12.9. The Morgan fingerprint density at radius 1 is 1.48 bits per heavy atom. The summed E-state index contributed by atoms with van der Waals surface area (Å²) in [6.07, 6.45) is 4.39. The molecule has 6 nitrogen and oxygen atoms in total. The first kappa shape index (κ1) is 21.9. The van der Waals surface area contributed by atoms with Gasteiger partial charge in [0.1, 0.15) is 17.0 Å². The van der Waals surface area contributed by atoms with E-state index in [4.69, 9.17) is 5.73 Å². The van der Waals surface area contributed by atoms with E-state index in [1.165, 1.54) is 0 Å². The van der Waals surface area contributed by atoms with E-state index in [1.54, 1.807) is 17.7 Å². The zero-order valence-corrected chi connectivity index (χ0v) is 17.9. The summed E-state index contributed by atoms with van der Waals surface area (Å²) in [6, 6.07) is 2.06. The predicted molar refractivity (Wildman–Crippen MR) is 115 cm³/mol. The maximum Gasteiger partial charge on any atom is 0.225 e. The summed E-state index contributed by atoms with van der Waals surface area (Å²) in [7, 11) is 0. The van der Waals surface area contributed by atoms with Gasteiger partial charge >= 0.3 is 0 Å². The first-order valence-electron chi connectivity index (χ1n) is 9.37. The van der Waals surface area contributed by atoms with Gasteiger partial charge in [-0.25, -0.2) is 9.97 Å². The van der Waals surface area contributed by atoms with Gasteiger partial charge in [0.15, 0.2) is 0 Å². The fourth-order valence-corrected chi connectivity index (χ4v) is 4.63. The average molecular weight is 412 g/mol. The molecule has 1 amide bonds. The molecule has 27 heavy (non-hydrogen) atoms. The molecule has 3 heterocycles. The molecule has 0 radical (unpaired) electrons. The normalized spacial score (nSPS) is 19.6. The number of nitrogens with one attached hydrogen (secondary N) is 1. The number of aromatic nitrogens is 2. The van der Waals surface area contributed by atoms with E-state index in [1.807, 2.05) is 12.3 Å². The number of carbonyl (C=O) groups is 1. The van der Waals surface area contributed by atoms with Gasteiger partial charge in [0.25, 0.3) is 0 Å². The molecule has 0 bridgehead atoms. The van der Waals surface area contributed by atoms with Crippen LogP contribution in [0, 0.1) is 11.8 Å². The predicted octanol–water partition coefficient (Wildman–Crippen LogP) is 3.21. The van der Waals surface area contributed by atoms with E-state index in [2.05, 4.69) is 40.1 Å². The lowest BCUT2D eigenvalue weighted by Crippen LogP contribution is -2.55. The number of rotatable bonds is 6. The standard InChI is InChI=1S/C19H29N5OS.ClH/c1-13(2)9-19(3,11-20)23-17(25)14-5-4-7-24(10-14)16-15-6-8-26-18(15)22-12-21-16;/h6,8,12-14H,4-5,7,9-11,20H2,1-3H3,(H,23,25);1H. The van der Waals surface area contributed by atoms with E-state index in [9.17, 15) is 4.79 Å². The molecule has 0 saturated carbocycles. The van der Waals surface area contributed by atoms with E-state index in [-0.39, 0.29) is 29.8 Å². The number of amides is 1. The topological polar surface area (TPSA) is 84.1 Å². The van der Waals surface area contributed by atoms with Crippen molar-refractivity contribution in [1.82, 2.24) is 15.3 Å². The summed E-state index contributed by atoms with van der Waals surface area (Å²) in [6.45, 7) is 8.43. The van der Waals surface area contributed by atoms with Crippen molar-refractivity contribution in [3.8, 4) is 0 Å². The summed E-state index contributed by atoms with van der Waals surface area (Å²) in [5.74, 6) is 1.50. The quantitative estimate of drug-likeness (QED) is 0.762. The summed E-state index contributed by atoms with van der Waals surface area (Å²) in [4.78, 5) is 25.0. The monoisotopic (exact) mass is 411 g/mol. The van der Waals surface area contributed by atoms with Crippen LogP contribution in [0.5, 0.6) is 0 Å². The third kappa shape index (κ3) is 5.09. The summed E-state index contributed by atoms with van der Waals surface area (Å²) in [5.41, 5.74) is 5.62. The van der Waals surface area contributed by atoms with Crippen molar-refractivity contribution in [1.29, 1.82) is 0 Å². The molecule has 1 aliphatic heterocycles. The number of nitrogens with zero attached hydrogens (tertiary/aromatic N) is 3. The highest BCUT2D eigenvalue weighted by Gasteiger charge is 2.32. The van der Waals surface area contributed by atoms with Gasteiger partial charge in [-0.3, -0.25) is 4.79 Å². The third-order valence-electron chi connectivity index (χ3n) is 5.07. The Balaban J connectivity index is 0.00000261. The van der Waals surface area contributed by atoms with Gasteiger partial charge in [-0.05, 0) is 43.6 Å². The highest BCUT2D eigenvalue weighted by atomic mass is 35.5. The second kappa shape index (κ2) is 9.17. The van der Waals surface area contributed by atoms with Crippen LogP contribution in [0.3, 0.4) is 0 Å². The Labute approximate surface area is 171 Å². The van der Waals surface area contributed by atoms with Gasteiger partial charge in [0, 0.05) is 25.2 Å². The van der Waals surface area contributed by atoms with Gasteiger partial charge in [-0.2, -0.15) is 0 Å². The molecule has 1 saturated heterocycles. The van der Waals surface area contributed by atoms with Crippen LogP contribution in [-0.4, -0.2) is 41.0 Å². The molecule has 2 aromatic rings. The molecule has 2 aromatic heterocycles. The highest BCUT2D eigenvalue weighted by Crippen LogP contribution is 2.30. The van der Waals surface area contributed by atoms with Crippen LogP contribution < -0.4 is 16.0 Å². The fourth-order valence-electron chi connectivity index (χ4n) is 3.90. The van der Waals surface area contributed by atoms with Crippen molar-refractivity contribution in [2.75, 3.05) is 24.5 Å². The fraction of sp³-hybridized carbons (Fsp3) is 0.632. The molecule has 0 spiro atoms. The van der Waals surface area contributed by atoms with Crippen molar-refractivity contribution < 1.29 is 4.79 Å². The number of fused-ring (bicyclic) bond motifs is 1. The second-order valence-corrected chi connectivity index (χ2v) is 8.87. The number of thiophene rings is 1. The minimum Gasteiger partial charge on any atom is -0.355 e. The Hall–Kier alpha value is -1.44. The van der Waals surface area contributed by atoms with Gasteiger partial charge in [0.05, 0.1) is 11.3 Å². The molecule has 150 valence electrons. The Kier molecular flexibility index (Phi) is 7.42. The lowest BCUT2D eigenvalue weighted by molar-refractivity contribution is -0.127. The van der Waals surface area contributed by atoms with Crippen LogP contribution in [0.2, 0.25) is 0 Å². The summed E-state index contributed by atoms with van der Waals surface area (Å²) < 4.78 is 0. The highest BCUT2D eigenvalue weighted by molar-refractivity contribution is 7.16. The maximum atomic E-state index is 12.9. The number of carbonyl (C=O) groups excluding carboxylic acids is 1. The van der Waals surface area contributed by atoms with E-state index >= 15 is 0 Å². The largest absolute Gasteiger partial charge is 0.355 e. The SMILES string of the molecule is CC(C)CC(C)(CN)NC(=O)C1CCCN(c2ncnc3sccc23)C1.Cl. The van der Waals surface area contributed by atoms with E-state index < -0.39 is 0 Å². The molecule has 0 aliphatic carbocycles. The smallest absolute Gasteiger partial charge is 0.225 e. The third-order valence-corrected chi connectivity index (χ3v) is 5.89. The second-order valence-electron chi connectivity index (χ2n) is 7.97. The van der Waals surface area contributed by atoms with Crippen molar-refractivity contribution in [3.63, 3.8) is 0 Å². The molecule has 2 atom stereocenters. The summed E-state index contributed by atoms with van der Waals surface area (Å²) >= 11 is 1.62. The molecular weight excluding hydrogens is 382 g/mol. The van der Waals surface area contributed by atoms with Crippen LogP contribution >= 0.6 is 23.7 Å². The molecule has 1 aliphatic rings. The van der Waals surface area contributed by atoms with Crippen molar-refractivity contribution in [2.45, 2.75) is 45.6 Å². The van der Waals surface area contributed by atoms with Gasteiger partial charge < -0.3 is 16.0 Å². The number of piperidine rings is 1. The average Bonchev–Trinajstić information content (AvgIpc) is 3.09. The van der Waals surface area contributed by atoms with Crippen molar-refractivity contribution >= 4 is 45.7 Å². The van der Waals surface area contributed by atoms with E-state index in [0.717, 1.165) is 41.8 Å². The number of hydrogen-bond donors (Lipinski definition) is 2. The van der Waals surface area contributed by atoms with Crippen molar-refractivity contribution in [2.24, 2.45) is 17.6 Å². The molecule has 2 unspecified atom stereocenters. The Morgan fingerprint density at radius 2 is 2.26 bits per heavy atom. The molecule has 8 heteroatoms. The first-order valence-corrected chi connectivity index (χ1v) is 10.2. The summed E-state index contributed by atoms with van der Waals surface area (Å²) in [5, 5.41) is 6.34. The van der Waals surface area contributed by atoms with Crippen LogP contribution in [0.15, 0.2) is 17.8 Å². The van der Waals surface area contributed by atoms with Crippen LogP contribution in [0.25, 0.3) is 10.2 Å². The lowest BCUT2D eigenvalue weighted by Gasteiger charge is -2.37. The number of anilines is 1. The Morgan fingerprint density at radius 3 is 2.96 bits per heavy atom. The molecule has 3 N–H and O–H groups in total. The minimum absolute atomic E-state index is 0. The number of hydrogen-bond acceptors (Lipinski definition) is 6. The zero-order valence-electron chi connectivity index (χ0n) is 16.3. The first-order chi connectivity index (χ1) is 12.4. The van der Waals surface area contributed by atoms with E-state index in [0.29, 0.717) is 19.0 Å². The molecule has 1 fully saturated rings. The number of nitrogens with two attached hydrogens (primary N) is 1. The molecule has 0 aromatic carbocycles. The number of halogens is 1. The van der Waals surface area contributed by atoms with Crippen LogP contribution in [0.1, 0.15) is 40.0 Å². The Bertz CT molecular complexity index is 767. The van der Waals surface area contributed by atoms with Gasteiger partial charge in [0.2, 0.25) is 5.91 Å². The van der Waals surface area contributed by atoms with Gasteiger partial charge in [-0.15, -0.1) is 23.7 Å².